The van der Waals surface area contributed by atoms with E-state index in [4.69, 9.17) is 9.84 Å². The summed E-state index contributed by atoms with van der Waals surface area (Å²) in [5, 5.41) is 11.5. The Morgan fingerprint density at radius 3 is 2.52 bits per heavy atom. The summed E-state index contributed by atoms with van der Waals surface area (Å²) in [6.07, 6.45) is -2.95. The van der Waals surface area contributed by atoms with Gasteiger partial charge in [-0.15, -0.1) is 0 Å². The largest absolute Gasteiger partial charge is 0.481 e. The number of rotatable bonds is 5. The fraction of sp³-hybridized carbons (Fsp3) is 0.533. The normalized spacial score (nSPS) is 15.7. The predicted octanol–water partition coefficient (Wildman–Crippen LogP) is 1.99. The Balaban J connectivity index is 1.67. The number of nitrogens with zero attached hydrogens (tertiary/aromatic N) is 2. The van der Waals surface area contributed by atoms with Gasteiger partial charge in [0.2, 0.25) is 5.88 Å². The van der Waals surface area contributed by atoms with Gasteiger partial charge in [0.25, 0.3) is 0 Å². The van der Waals surface area contributed by atoms with E-state index in [9.17, 15) is 22.8 Å². The second-order valence-electron chi connectivity index (χ2n) is 5.56. The maximum Gasteiger partial charge on any atom is 0.417 e. The first-order valence-electron chi connectivity index (χ1n) is 7.69. The molecule has 0 aromatic carbocycles. The average Bonchev–Trinajstić information content (AvgIpc) is 2.58. The highest BCUT2D eigenvalue weighted by molar-refractivity contribution is 5.75. The van der Waals surface area contributed by atoms with Crippen molar-refractivity contribution in [2.45, 2.75) is 19.0 Å². The van der Waals surface area contributed by atoms with Crippen molar-refractivity contribution in [2.24, 2.45) is 5.92 Å². The zero-order chi connectivity index (χ0) is 18.4. The summed E-state index contributed by atoms with van der Waals surface area (Å²) in [6.45, 7) is 0.935. The van der Waals surface area contributed by atoms with Crippen LogP contribution in [-0.4, -0.2) is 53.2 Å². The van der Waals surface area contributed by atoms with Crippen LogP contribution in [0.1, 0.15) is 18.4 Å². The van der Waals surface area contributed by atoms with Gasteiger partial charge in [0.1, 0.15) is 6.61 Å². The van der Waals surface area contributed by atoms with Gasteiger partial charge in [0.05, 0.1) is 18.0 Å². The van der Waals surface area contributed by atoms with Gasteiger partial charge in [-0.25, -0.2) is 9.78 Å². The molecule has 0 spiro atoms. The molecule has 0 aliphatic carbocycles. The highest BCUT2D eigenvalue weighted by atomic mass is 19.4. The summed E-state index contributed by atoms with van der Waals surface area (Å²) in [7, 11) is 0. The maximum atomic E-state index is 12.4. The minimum atomic E-state index is -4.45. The fourth-order valence-electron chi connectivity index (χ4n) is 2.39. The number of hydrogen-bond donors (Lipinski definition) is 2. The van der Waals surface area contributed by atoms with Crippen LogP contribution in [0.2, 0.25) is 0 Å². The molecule has 2 amide bonds. The van der Waals surface area contributed by atoms with Crippen LogP contribution in [0, 0.1) is 5.92 Å². The minimum Gasteiger partial charge on any atom is -0.481 e. The van der Waals surface area contributed by atoms with Crippen molar-refractivity contribution in [1.82, 2.24) is 15.2 Å². The number of aliphatic carboxylic acids is 1. The number of alkyl halides is 3. The molecule has 0 radical (unpaired) electrons. The van der Waals surface area contributed by atoms with E-state index in [1.165, 1.54) is 4.90 Å². The maximum absolute atomic E-state index is 12.4. The molecular formula is C15H18F3N3O4. The number of pyridine rings is 1. The second-order valence-corrected chi connectivity index (χ2v) is 5.56. The van der Waals surface area contributed by atoms with Gasteiger partial charge in [-0.2, -0.15) is 13.2 Å². The lowest BCUT2D eigenvalue weighted by Gasteiger charge is -2.30. The lowest BCUT2D eigenvalue weighted by molar-refractivity contribution is -0.143. The fourth-order valence-corrected chi connectivity index (χ4v) is 2.39. The Morgan fingerprint density at radius 1 is 1.32 bits per heavy atom. The number of amides is 2. The van der Waals surface area contributed by atoms with E-state index in [0.717, 1.165) is 12.1 Å². The van der Waals surface area contributed by atoms with E-state index in [2.05, 4.69) is 10.3 Å². The molecule has 0 saturated carbocycles. The van der Waals surface area contributed by atoms with E-state index in [1.807, 2.05) is 0 Å². The average molecular weight is 361 g/mol. The molecule has 138 valence electrons. The van der Waals surface area contributed by atoms with Crippen LogP contribution in [0.25, 0.3) is 0 Å². The number of halogens is 3. The van der Waals surface area contributed by atoms with Gasteiger partial charge in [-0.05, 0) is 18.9 Å². The molecule has 25 heavy (non-hydrogen) atoms. The van der Waals surface area contributed by atoms with E-state index < -0.39 is 23.6 Å². The van der Waals surface area contributed by atoms with Gasteiger partial charge < -0.3 is 20.1 Å². The predicted molar refractivity (Wildman–Crippen MR) is 80.1 cm³/mol. The van der Waals surface area contributed by atoms with Crippen LogP contribution in [0.3, 0.4) is 0 Å². The molecule has 1 aliphatic heterocycles. The van der Waals surface area contributed by atoms with E-state index in [-0.39, 0.29) is 25.1 Å². The smallest absolute Gasteiger partial charge is 0.417 e. The lowest BCUT2D eigenvalue weighted by Crippen LogP contribution is -2.46. The van der Waals surface area contributed by atoms with E-state index in [0.29, 0.717) is 32.1 Å². The van der Waals surface area contributed by atoms with Crippen molar-refractivity contribution >= 4 is 12.0 Å². The van der Waals surface area contributed by atoms with E-state index >= 15 is 0 Å². The van der Waals surface area contributed by atoms with Gasteiger partial charge in [-0.1, -0.05) is 0 Å². The Morgan fingerprint density at radius 2 is 2.00 bits per heavy atom. The molecule has 1 fully saturated rings. The first kappa shape index (κ1) is 18.8. The quantitative estimate of drug-likeness (QED) is 0.783. The van der Waals surface area contributed by atoms with Gasteiger partial charge in [-0.3, -0.25) is 4.79 Å². The third-order valence-electron chi connectivity index (χ3n) is 3.82. The first-order valence-corrected chi connectivity index (χ1v) is 7.69. The van der Waals surface area contributed by atoms with Crippen LogP contribution in [0.4, 0.5) is 18.0 Å². The molecule has 2 heterocycles. The van der Waals surface area contributed by atoms with Crippen LogP contribution >= 0.6 is 0 Å². The molecule has 1 aromatic rings. The summed E-state index contributed by atoms with van der Waals surface area (Å²) < 4.78 is 42.4. The topological polar surface area (TPSA) is 91.8 Å². The second kappa shape index (κ2) is 8.04. The van der Waals surface area contributed by atoms with E-state index in [1.54, 1.807) is 0 Å². The molecule has 7 nitrogen and oxygen atoms in total. The van der Waals surface area contributed by atoms with Crippen molar-refractivity contribution in [3.63, 3.8) is 0 Å². The molecule has 10 heteroatoms. The summed E-state index contributed by atoms with van der Waals surface area (Å²) in [6, 6.07) is 1.65. The third-order valence-corrected chi connectivity index (χ3v) is 3.82. The standard InChI is InChI=1S/C15H18F3N3O4/c16-15(17,18)11-1-2-12(20-9-11)25-8-5-19-14(24)21-6-3-10(4-7-21)13(22)23/h1-2,9-10H,3-8H2,(H,19,24)(H,22,23). The molecule has 2 rings (SSSR count). The zero-order valence-electron chi connectivity index (χ0n) is 13.3. The monoisotopic (exact) mass is 361 g/mol. The number of carbonyl (C=O) groups is 2. The molecular weight excluding hydrogens is 343 g/mol. The van der Waals surface area contributed by atoms with Crippen molar-refractivity contribution < 1.29 is 32.6 Å². The molecule has 1 aromatic heterocycles. The van der Waals surface area contributed by atoms with Gasteiger partial charge in [0, 0.05) is 25.4 Å². The molecule has 2 N–H and O–H groups in total. The number of carboxylic acids is 1. The molecule has 0 unspecified atom stereocenters. The van der Waals surface area contributed by atoms with Crippen LogP contribution in [0.5, 0.6) is 5.88 Å². The Labute approximate surface area is 141 Å². The number of aromatic nitrogens is 1. The van der Waals surface area contributed by atoms with Gasteiger partial charge in [0.15, 0.2) is 0 Å². The van der Waals surface area contributed by atoms with Crippen molar-refractivity contribution in [3.8, 4) is 5.88 Å². The highest BCUT2D eigenvalue weighted by Crippen LogP contribution is 2.29. The third kappa shape index (κ3) is 5.50. The summed E-state index contributed by atoms with van der Waals surface area (Å²) in [5.41, 5.74) is -0.863. The molecule has 0 bridgehead atoms. The van der Waals surface area contributed by atoms with Crippen LogP contribution in [0.15, 0.2) is 18.3 Å². The minimum absolute atomic E-state index is 0.0320. The number of ether oxygens (including phenoxy) is 1. The molecule has 0 atom stereocenters. The summed E-state index contributed by atoms with van der Waals surface area (Å²) in [4.78, 5) is 27.8. The SMILES string of the molecule is O=C(O)C1CCN(C(=O)NCCOc2ccc(C(F)(F)F)cn2)CC1. The van der Waals surface area contributed by atoms with Crippen molar-refractivity contribution in [1.29, 1.82) is 0 Å². The molecule has 1 saturated heterocycles. The summed E-state index contributed by atoms with van der Waals surface area (Å²) >= 11 is 0. The zero-order valence-corrected chi connectivity index (χ0v) is 13.3. The van der Waals surface area contributed by atoms with Crippen LogP contribution in [-0.2, 0) is 11.0 Å². The Kier molecular flexibility index (Phi) is 6.05. The number of likely N-dealkylation sites (tertiary alicyclic amines) is 1. The lowest BCUT2D eigenvalue weighted by atomic mass is 9.97. The Hall–Kier alpha value is -2.52. The van der Waals surface area contributed by atoms with Crippen molar-refractivity contribution in [2.75, 3.05) is 26.2 Å². The Bertz CT molecular complexity index is 599. The number of carboxylic acid groups (broad SMARTS) is 1. The van der Waals surface area contributed by atoms with Crippen LogP contribution < -0.4 is 10.1 Å². The van der Waals surface area contributed by atoms with Gasteiger partial charge >= 0.3 is 18.2 Å². The van der Waals surface area contributed by atoms with Crippen molar-refractivity contribution in [3.05, 3.63) is 23.9 Å². The first-order chi connectivity index (χ1) is 11.8. The number of hydrogen-bond acceptors (Lipinski definition) is 4. The number of nitrogens with one attached hydrogen (secondary N) is 1. The summed E-state index contributed by atoms with van der Waals surface area (Å²) in [5.74, 6) is -1.24. The number of piperidine rings is 1. The number of carbonyl (C=O) groups excluding carboxylic acids is 1. The number of urea groups is 1. The molecule has 1 aliphatic rings. The highest BCUT2D eigenvalue weighted by Gasteiger charge is 2.30.